The second-order valence-corrected chi connectivity index (χ2v) is 7.31. The maximum Gasteiger partial charge on any atom is 0.272 e. The Hall–Kier alpha value is -2.35. The van der Waals surface area contributed by atoms with Gasteiger partial charge in [-0.2, -0.15) is 10.2 Å². The predicted octanol–water partition coefficient (Wildman–Crippen LogP) is 0.940. The number of amides is 1. The van der Waals surface area contributed by atoms with E-state index in [1.165, 1.54) is 0 Å². The van der Waals surface area contributed by atoms with Crippen LogP contribution in [0.3, 0.4) is 0 Å². The fraction of sp³-hybridized carbons (Fsp3) is 0.611. The molecule has 4 rings (SSSR count). The maximum absolute atomic E-state index is 12.6. The van der Waals surface area contributed by atoms with Crippen LogP contribution >= 0.6 is 0 Å². The number of hydrogen-bond donors (Lipinski definition) is 2. The van der Waals surface area contributed by atoms with Gasteiger partial charge in [-0.3, -0.25) is 14.2 Å². The molecular formula is C18H27N7O. The van der Waals surface area contributed by atoms with Crippen LogP contribution in [0, 0.1) is 0 Å². The summed E-state index contributed by atoms with van der Waals surface area (Å²) in [5.74, 6) is -0.0782. The molecule has 0 aliphatic carbocycles. The molecule has 0 radical (unpaired) electrons. The molecule has 8 nitrogen and oxygen atoms in total. The number of rotatable bonds is 4. The molecule has 0 aromatic carbocycles. The first kappa shape index (κ1) is 17.1. The van der Waals surface area contributed by atoms with Crippen LogP contribution in [0.1, 0.15) is 42.2 Å². The Balaban J connectivity index is 1.36. The van der Waals surface area contributed by atoms with E-state index in [1.54, 1.807) is 0 Å². The lowest BCUT2D eigenvalue weighted by Crippen LogP contribution is -2.47. The highest BCUT2D eigenvalue weighted by Crippen LogP contribution is 2.19. The number of aromatic nitrogens is 4. The summed E-state index contributed by atoms with van der Waals surface area (Å²) in [4.78, 5) is 14.9. The molecule has 2 atom stereocenters. The Bertz CT molecular complexity index is 746. The van der Waals surface area contributed by atoms with Gasteiger partial charge in [-0.1, -0.05) is 0 Å². The third-order valence-corrected chi connectivity index (χ3v) is 5.30. The standard InChI is InChI=1S/C18H27N7O/c1-23-13-16(11-20-23)24-8-3-4-14(12-24)21-18(26)17-6-9-25(22-17)15-5-2-7-19-10-15/h6,9,11,13-15,19H,2-5,7-8,10,12H2,1H3,(H,21,26). The van der Waals surface area contributed by atoms with E-state index in [-0.39, 0.29) is 11.9 Å². The van der Waals surface area contributed by atoms with E-state index in [4.69, 9.17) is 0 Å². The van der Waals surface area contributed by atoms with Gasteiger partial charge in [-0.25, -0.2) is 0 Å². The van der Waals surface area contributed by atoms with Gasteiger partial charge in [-0.15, -0.1) is 0 Å². The number of anilines is 1. The van der Waals surface area contributed by atoms with Gasteiger partial charge in [0.2, 0.25) is 0 Å². The topological polar surface area (TPSA) is 80.0 Å². The van der Waals surface area contributed by atoms with Crippen LogP contribution < -0.4 is 15.5 Å². The number of carbonyl (C=O) groups excluding carboxylic acids is 1. The quantitative estimate of drug-likeness (QED) is 0.851. The number of piperidine rings is 2. The van der Waals surface area contributed by atoms with E-state index in [9.17, 15) is 4.79 Å². The molecule has 0 spiro atoms. The molecule has 2 saturated heterocycles. The van der Waals surface area contributed by atoms with Crippen LogP contribution in [-0.4, -0.2) is 57.7 Å². The summed E-state index contributed by atoms with van der Waals surface area (Å²) in [6.07, 6.45) is 10.1. The molecule has 2 N–H and O–H groups in total. The first-order valence-corrected chi connectivity index (χ1v) is 9.49. The minimum atomic E-state index is -0.0782. The van der Waals surface area contributed by atoms with Crippen molar-refractivity contribution in [2.45, 2.75) is 37.8 Å². The molecule has 2 aliphatic rings. The van der Waals surface area contributed by atoms with E-state index in [0.717, 1.165) is 57.5 Å². The molecule has 0 bridgehead atoms. The van der Waals surface area contributed by atoms with Crippen molar-refractivity contribution in [2.75, 3.05) is 31.1 Å². The Labute approximate surface area is 153 Å². The highest BCUT2D eigenvalue weighted by molar-refractivity contribution is 5.92. The van der Waals surface area contributed by atoms with Gasteiger partial charge in [0.25, 0.3) is 5.91 Å². The van der Waals surface area contributed by atoms with Crippen molar-refractivity contribution < 1.29 is 4.79 Å². The number of aryl methyl sites for hydroxylation is 1. The normalized spacial score (nSPS) is 23.8. The average Bonchev–Trinajstić information content (AvgIpc) is 3.32. The van der Waals surface area contributed by atoms with E-state index in [1.807, 2.05) is 41.1 Å². The molecule has 1 amide bonds. The Morgan fingerprint density at radius 1 is 1.35 bits per heavy atom. The second-order valence-electron chi connectivity index (χ2n) is 7.31. The van der Waals surface area contributed by atoms with Crippen molar-refractivity contribution in [3.63, 3.8) is 0 Å². The smallest absolute Gasteiger partial charge is 0.272 e. The van der Waals surface area contributed by atoms with Crippen LogP contribution in [-0.2, 0) is 7.05 Å². The summed E-state index contributed by atoms with van der Waals surface area (Å²) in [5, 5.41) is 15.3. The number of nitrogens with one attached hydrogen (secondary N) is 2. The predicted molar refractivity (Wildman–Crippen MR) is 99.3 cm³/mol. The zero-order valence-corrected chi connectivity index (χ0v) is 15.3. The Kier molecular flexibility index (Phi) is 4.92. The fourth-order valence-electron chi connectivity index (χ4n) is 3.88. The summed E-state index contributed by atoms with van der Waals surface area (Å²) in [5.41, 5.74) is 1.62. The van der Waals surface area contributed by atoms with Gasteiger partial charge in [0.1, 0.15) is 5.69 Å². The van der Waals surface area contributed by atoms with Gasteiger partial charge >= 0.3 is 0 Å². The van der Waals surface area contributed by atoms with Crippen molar-refractivity contribution in [3.05, 3.63) is 30.4 Å². The summed E-state index contributed by atoms with van der Waals surface area (Å²) in [7, 11) is 1.92. The largest absolute Gasteiger partial charge is 0.367 e. The molecule has 0 saturated carbocycles. The molecule has 8 heteroatoms. The second kappa shape index (κ2) is 7.49. The van der Waals surface area contributed by atoms with E-state index in [2.05, 4.69) is 25.7 Å². The van der Waals surface area contributed by atoms with Crippen LogP contribution in [0.2, 0.25) is 0 Å². The highest BCUT2D eigenvalue weighted by atomic mass is 16.2. The van der Waals surface area contributed by atoms with E-state index >= 15 is 0 Å². The Morgan fingerprint density at radius 3 is 3.04 bits per heavy atom. The van der Waals surface area contributed by atoms with Crippen molar-refractivity contribution in [3.8, 4) is 0 Å². The van der Waals surface area contributed by atoms with Crippen molar-refractivity contribution >= 4 is 11.6 Å². The van der Waals surface area contributed by atoms with Crippen LogP contribution in [0.25, 0.3) is 0 Å². The molecule has 2 aromatic rings. The lowest BCUT2D eigenvalue weighted by atomic mass is 10.1. The average molecular weight is 357 g/mol. The van der Waals surface area contributed by atoms with Gasteiger partial charge < -0.3 is 15.5 Å². The highest BCUT2D eigenvalue weighted by Gasteiger charge is 2.24. The van der Waals surface area contributed by atoms with E-state index in [0.29, 0.717) is 11.7 Å². The van der Waals surface area contributed by atoms with Crippen molar-refractivity contribution in [1.29, 1.82) is 0 Å². The first-order chi connectivity index (χ1) is 12.7. The number of carbonyl (C=O) groups is 1. The molecule has 140 valence electrons. The van der Waals surface area contributed by atoms with Crippen LogP contribution in [0.4, 0.5) is 5.69 Å². The summed E-state index contributed by atoms with van der Waals surface area (Å²) < 4.78 is 3.74. The molecule has 2 aliphatic heterocycles. The molecule has 4 heterocycles. The molecular weight excluding hydrogens is 330 g/mol. The molecule has 2 unspecified atom stereocenters. The third kappa shape index (κ3) is 3.75. The zero-order valence-electron chi connectivity index (χ0n) is 15.3. The van der Waals surface area contributed by atoms with Crippen LogP contribution in [0.5, 0.6) is 0 Å². The summed E-state index contributed by atoms with van der Waals surface area (Å²) >= 11 is 0. The first-order valence-electron chi connectivity index (χ1n) is 9.49. The van der Waals surface area contributed by atoms with Gasteiger partial charge in [0.05, 0.1) is 17.9 Å². The SMILES string of the molecule is Cn1cc(N2CCCC(NC(=O)c3ccn(C4CCCNC4)n3)C2)cn1. The van der Waals surface area contributed by atoms with Crippen molar-refractivity contribution in [2.24, 2.45) is 7.05 Å². The summed E-state index contributed by atoms with van der Waals surface area (Å²) in [6, 6.07) is 2.31. The molecule has 2 aromatic heterocycles. The van der Waals surface area contributed by atoms with Gasteiger partial charge in [-0.05, 0) is 38.3 Å². The van der Waals surface area contributed by atoms with E-state index < -0.39 is 0 Å². The minimum absolute atomic E-state index is 0.0782. The maximum atomic E-state index is 12.6. The van der Waals surface area contributed by atoms with Crippen molar-refractivity contribution in [1.82, 2.24) is 30.2 Å². The van der Waals surface area contributed by atoms with Crippen LogP contribution in [0.15, 0.2) is 24.7 Å². The lowest BCUT2D eigenvalue weighted by molar-refractivity contribution is 0.0926. The molecule has 26 heavy (non-hydrogen) atoms. The Morgan fingerprint density at radius 2 is 2.27 bits per heavy atom. The molecule has 2 fully saturated rings. The van der Waals surface area contributed by atoms with Gasteiger partial charge in [0, 0.05) is 45.1 Å². The number of hydrogen-bond acceptors (Lipinski definition) is 5. The summed E-state index contributed by atoms with van der Waals surface area (Å²) in [6.45, 7) is 3.80. The fourth-order valence-corrected chi connectivity index (χ4v) is 3.88. The van der Waals surface area contributed by atoms with Gasteiger partial charge in [0.15, 0.2) is 0 Å². The zero-order chi connectivity index (χ0) is 17.9. The minimum Gasteiger partial charge on any atom is -0.367 e. The monoisotopic (exact) mass is 357 g/mol. The lowest BCUT2D eigenvalue weighted by Gasteiger charge is -2.33. The third-order valence-electron chi connectivity index (χ3n) is 5.30. The number of nitrogens with zero attached hydrogens (tertiary/aromatic N) is 5.